The molecule has 0 spiro atoms. The van der Waals surface area contributed by atoms with Gasteiger partial charge in [0.05, 0.1) is 5.56 Å². The smallest absolute Gasteiger partial charge is 0.148 e. The molecule has 0 aliphatic carbocycles. The number of pyridine rings is 1. The Bertz CT molecular complexity index is 587. The highest BCUT2D eigenvalue weighted by Gasteiger charge is 2.04. The Balaban J connectivity index is 2.36. The fourth-order valence-corrected chi connectivity index (χ4v) is 1.84. The van der Waals surface area contributed by atoms with Crippen LogP contribution in [0.25, 0.3) is 0 Å². The number of nitrogens with one attached hydrogen (secondary N) is 1. The van der Waals surface area contributed by atoms with Crippen LogP contribution in [0, 0.1) is 18.3 Å². The lowest BCUT2D eigenvalue weighted by atomic mass is 10.2. The summed E-state index contributed by atoms with van der Waals surface area (Å²) in [5.74, 6) is 0.589. The number of nitriles is 1. The number of benzene rings is 1. The maximum Gasteiger partial charge on any atom is 0.148 e. The third-order valence-corrected chi connectivity index (χ3v) is 2.74. The third-order valence-electron chi connectivity index (χ3n) is 2.24. The number of nitrogens with zero attached hydrogens (tertiary/aromatic N) is 2. The molecule has 0 amide bonds. The summed E-state index contributed by atoms with van der Waals surface area (Å²) in [5.41, 5.74) is 2.31. The molecule has 17 heavy (non-hydrogen) atoms. The van der Waals surface area contributed by atoms with Crippen LogP contribution in [0.4, 0.5) is 11.5 Å². The zero-order valence-electron chi connectivity index (χ0n) is 9.24. The zero-order chi connectivity index (χ0) is 12.3. The van der Waals surface area contributed by atoms with E-state index in [2.05, 4.69) is 32.3 Å². The van der Waals surface area contributed by atoms with E-state index < -0.39 is 0 Å². The first-order valence-electron chi connectivity index (χ1n) is 5.09. The molecule has 0 unspecified atom stereocenters. The zero-order valence-corrected chi connectivity index (χ0v) is 10.8. The molecule has 0 aliphatic rings. The molecule has 0 aliphatic heterocycles. The molecule has 0 radical (unpaired) electrons. The second-order valence-electron chi connectivity index (χ2n) is 3.60. The van der Waals surface area contributed by atoms with Crippen LogP contribution in [0.5, 0.6) is 0 Å². The van der Waals surface area contributed by atoms with Gasteiger partial charge in [-0.25, -0.2) is 4.98 Å². The number of hydrogen-bond donors (Lipinski definition) is 1. The van der Waals surface area contributed by atoms with Crippen molar-refractivity contribution in [1.82, 2.24) is 4.98 Å². The van der Waals surface area contributed by atoms with E-state index in [0.717, 1.165) is 15.9 Å². The molecule has 0 saturated heterocycles. The van der Waals surface area contributed by atoms with E-state index in [1.807, 2.05) is 37.3 Å². The Morgan fingerprint density at radius 1 is 1.29 bits per heavy atom. The second-order valence-corrected chi connectivity index (χ2v) is 4.51. The number of aromatic nitrogens is 1. The predicted molar refractivity (Wildman–Crippen MR) is 71.1 cm³/mol. The average Bonchev–Trinajstić information content (AvgIpc) is 2.29. The first-order chi connectivity index (χ1) is 8.19. The molecule has 2 rings (SSSR count). The van der Waals surface area contributed by atoms with Gasteiger partial charge < -0.3 is 5.32 Å². The lowest BCUT2D eigenvalue weighted by Gasteiger charge is -2.08. The molecule has 2 aromatic rings. The van der Waals surface area contributed by atoms with E-state index in [4.69, 9.17) is 5.26 Å². The Labute approximate surface area is 108 Å². The van der Waals surface area contributed by atoms with Crippen molar-refractivity contribution in [1.29, 1.82) is 5.26 Å². The van der Waals surface area contributed by atoms with Gasteiger partial charge in [-0.2, -0.15) is 5.26 Å². The average molecular weight is 288 g/mol. The number of hydrogen-bond acceptors (Lipinski definition) is 3. The minimum Gasteiger partial charge on any atom is -0.339 e. The van der Waals surface area contributed by atoms with Gasteiger partial charge in [-0.05, 0) is 37.3 Å². The summed E-state index contributed by atoms with van der Waals surface area (Å²) < 4.78 is 0.980. The normalized spacial score (nSPS) is 9.71. The van der Waals surface area contributed by atoms with Crippen molar-refractivity contribution in [3.8, 4) is 6.07 Å². The van der Waals surface area contributed by atoms with E-state index in [-0.39, 0.29) is 0 Å². The lowest BCUT2D eigenvalue weighted by Crippen LogP contribution is -1.98. The Hall–Kier alpha value is -1.86. The van der Waals surface area contributed by atoms with Crippen molar-refractivity contribution in [2.24, 2.45) is 0 Å². The highest BCUT2D eigenvalue weighted by Crippen LogP contribution is 2.21. The van der Waals surface area contributed by atoms with Crippen molar-refractivity contribution < 1.29 is 0 Å². The number of anilines is 2. The summed E-state index contributed by atoms with van der Waals surface area (Å²) in [6, 6.07) is 13.4. The maximum atomic E-state index is 9.00. The topological polar surface area (TPSA) is 48.7 Å². The summed E-state index contributed by atoms with van der Waals surface area (Å²) >= 11 is 3.40. The molecule has 1 aromatic carbocycles. The van der Waals surface area contributed by atoms with Crippen molar-refractivity contribution in [2.75, 3.05) is 5.32 Å². The van der Waals surface area contributed by atoms with Gasteiger partial charge in [0, 0.05) is 15.9 Å². The van der Waals surface area contributed by atoms with E-state index >= 15 is 0 Å². The first-order valence-corrected chi connectivity index (χ1v) is 5.88. The summed E-state index contributed by atoms with van der Waals surface area (Å²) in [6.45, 7) is 1.90. The molecular weight excluding hydrogens is 278 g/mol. The fraction of sp³-hybridized carbons (Fsp3) is 0.0769. The second kappa shape index (κ2) is 4.98. The monoisotopic (exact) mass is 287 g/mol. The van der Waals surface area contributed by atoms with Crippen LogP contribution in [0.15, 0.2) is 40.9 Å². The summed E-state index contributed by atoms with van der Waals surface area (Å²) in [5, 5.41) is 12.1. The molecule has 84 valence electrons. The van der Waals surface area contributed by atoms with Gasteiger partial charge in [0.1, 0.15) is 11.9 Å². The van der Waals surface area contributed by atoms with E-state index in [1.54, 1.807) is 6.07 Å². The Morgan fingerprint density at radius 3 is 2.82 bits per heavy atom. The van der Waals surface area contributed by atoms with Crippen LogP contribution in [0.1, 0.15) is 11.3 Å². The fourth-order valence-electron chi connectivity index (χ4n) is 1.45. The maximum absolute atomic E-state index is 9.00. The van der Waals surface area contributed by atoms with Crippen molar-refractivity contribution in [3.05, 3.63) is 52.1 Å². The van der Waals surface area contributed by atoms with Crippen molar-refractivity contribution in [2.45, 2.75) is 6.92 Å². The summed E-state index contributed by atoms with van der Waals surface area (Å²) in [4.78, 5) is 4.32. The van der Waals surface area contributed by atoms with Crippen LogP contribution in [-0.2, 0) is 0 Å². The number of rotatable bonds is 2. The minimum atomic E-state index is 0.538. The largest absolute Gasteiger partial charge is 0.339 e. The molecule has 1 N–H and O–H groups in total. The van der Waals surface area contributed by atoms with E-state index in [1.165, 1.54) is 0 Å². The standard InChI is InChI=1S/C13H10BrN3/c1-9-5-6-10(8-15)13(16-9)17-12-4-2-3-11(14)7-12/h2-7H,1H3,(H,16,17). The molecule has 4 heteroatoms. The van der Waals surface area contributed by atoms with Gasteiger partial charge in [0.2, 0.25) is 0 Å². The predicted octanol–water partition coefficient (Wildman–Crippen LogP) is 3.77. The highest BCUT2D eigenvalue weighted by molar-refractivity contribution is 9.10. The van der Waals surface area contributed by atoms with Gasteiger partial charge >= 0.3 is 0 Å². The van der Waals surface area contributed by atoms with Crippen LogP contribution in [-0.4, -0.2) is 4.98 Å². The van der Waals surface area contributed by atoms with Gasteiger partial charge in [0.15, 0.2) is 0 Å². The first kappa shape index (κ1) is 11.6. The Kier molecular flexibility index (Phi) is 3.40. The van der Waals surface area contributed by atoms with Gasteiger partial charge in [-0.3, -0.25) is 0 Å². The molecule has 3 nitrogen and oxygen atoms in total. The molecule has 1 heterocycles. The highest BCUT2D eigenvalue weighted by atomic mass is 79.9. The van der Waals surface area contributed by atoms with E-state index in [9.17, 15) is 0 Å². The molecule has 0 atom stereocenters. The Morgan fingerprint density at radius 2 is 2.12 bits per heavy atom. The lowest BCUT2D eigenvalue weighted by molar-refractivity contribution is 1.19. The van der Waals surface area contributed by atoms with Gasteiger partial charge in [0.25, 0.3) is 0 Å². The van der Waals surface area contributed by atoms with E-state index in [0.29, 0.717) is 11.4 Å². The molecular formula is C13H10BrN3. The van der Waals surface area contributed by atoms with Crippen molar-refractivity contribution in [3.63, 3.8) is 0 Å². The van der Waals surface area contributed by atoms with Crippen molar-refractivity contribution >= 4 is 27.4 Å². The quantitative estimate of drug-likeness (QED) is 0.915. The van der Waals surface area contributed by atoms with Gasteiger partial charge in [-0.15, -0.1) is 0 Å². The minimum absolute atomic E-state index is 0.538. The van der Waals surface area contributed by atoms with Crippen LogP contribution >= 0.6 is 15.9 Å². The van der Waals surface area contributed by atoms with Crippen LogP contribution in [0.3, 0.4) is 0 Å². The SMILES string of the molecule is Cc1ccc(C#N)c(Nc2cccc(Br)c2)n1. The molecule has 0 fully saturated rings. The third kappa shape index (κ3) is 2.83. The molecule has 0 saturated carbocycles. The molecule has 0 bridgehead atoms. The summed E-state index contributed by atoms with van der Waals surface area (Å²) in [7, 11) is 0. The van der Waals surface area contributed by atoms with Crippen LogP contribution < -0.4 is 5.32 Å². The number of halogens is 1. The van der Waals surface area contributed by atoms with Crippen LogP contribution in [0.2, 0.25) is 0 Å². The summed E-state index contributed by atoms with van der Waals surface area (Å²) in [6.07, 6.45) is 0. The van der Waals surface area contributed by atoms with Gasteiger partial charge in [-0.1, -0.05) is 22.0 Å². The molecule has 1 aromatic heterocycles. The number of aryl methyl sites for hydroxylation is 1.